The number of nitrogens with one attached hydrogen (secondary N) is 2. The number of carbonyl (C=O) groups excluding carboxylic acids is 1. The van der Waals surface area contributed by atoms with Gasteiger partial charge in [0, 0.05) is 22.2 Å². The molecule has 0 aliphatic heterocycles. The third kappa shape index (κ3) is 4.85. The minimum atomic E-state index is -0.556. The van der Waals surface area contributed by atoms with Crippen molar-refractivity contribution in [2.75, 3.05) is 11.1 Å². The highest BCUT2D eigenvalue weighted by atomic mass is 79.9. The van der Waals surface area contributed by atoms with Crippen LogP contribution in [0.15, 0.2) is 52.1 Å². The van der Waals surface area contributed by atoms with Gasteiger partial charge in [-0.05, 0) is 12.1 Å². The molecule has 3 rings (SSSR count). The van der Waals surface area contributed by atoms with Gasteiger partial charge in [0.05, 0.1) is 21.4 Å². The Kier molecular flexibility index (Phi) is 6.09. The summed E-state index contributed by atoms with van der Waals surface area (Å²) >= 11 is 10.6. The third-order valence-corrected chi connectivity index (χ3v) is 5.22. The molecule has 0 atom stereocenters. The molecule has 0 saturated heterocycles. The first-order valence-electron chi connectivity index (χ1n) is 7.48. The van der Waals surface area contributed by atoms with Gasteiger partial charge in [0.25, 0.3) is 5.69 Å². The van der Waals surface area contributed by atoms with E-state index in [0.29, 0.717) is 16.7 Å². The molecule has 27 heavy (non-hydrogen) atoms. The molecular formula is C16H11BrClN5O3S. The number of anilines is 1. The Morgan fingerprint density at radius 1 is 1.33 bits per heavy atom. The number of hydrogen-bond acceptors (Lipinski definition) is 6. The lowest BCUT2D eigenvalue weighted by Gasteiger charge is -2.06. The van der Waals surface area contributed by atoms with Crippen molar-refractivity contribution < 1.29 is 9.72 Å². The fourth-order valence-electron chi connectivity index (χ4n) is 2.12. The highest BCUT2D eigenvalue weighted by Gasteiger charge is 2.13. The van der Waals surface area contributed by atoms with Crippen molar-refractivity contribution in [3.05, 3.63) is 62.1 Å². The number of aromatic amines is 1. The molecule has 0 radical (unpaired) electrons. The van der Waals surface area contributed by atoms with Gasteiger partial charge in [-0.15, -0.1) is 5.10 Å². The van der Waals surface area contributed by atoms with Crippen LogP contribution < -0.4 is 5.32 Å². The van der Waals surface area contributed by atoms with Gasteiger partial charge < -0.3 is 5.32 Å². The van der Waals surface area contributed by atoms with Crippen molar-refractivity contribution in [3.63, 3.8) is 0 Å². The van der Waals surface area contributed by atoms with E-state index >= 15 is 0 Å². The number of hydrogen-bond donors (Lipinski definition) is 2. The Hall–Kier alpha value is -2.43. The van der Waals surface area contributed by atoms with Crippen LogP contribution in [-0.2, 0) is 4.79 Å². The normalized spacial score (nSPS) is 10.6. The zero-order chi connectivity index (χ0) is 19.4. The van der Waals surface area contributed by atoms with Gasteiger partial charge >= 0.3 is 0 Å². The standard InChI is InChI=1S/C16H11BrClN5O3S/c17-11-4-2-1-3-10(11)15-20-16(22-21-15)27-8-14(24)19-13-6-5-9(23(25)26)7-12(13)18/h1-7H,8H2,(H,19,24)(H,20,21,22). The number of amides is 1. The topological polar surface area (TPSA) is 114 Å². The summed E-state index contributed by atoms with van der Waals surface area (Å²) in [6.45, 7) is 0. The number of rotatable bonds is 6. The van der Waals surface area contributed by atoms with Crippen molar-refractivity contribution in [1.82, 2.24) is 15.2 Å². The predicted octanol–water partition coefficient (Wildman–Crippen LogP) is 4.53. The Labute approximate surface area is 171 Å². The lowest BCUT2D eigenvalue weighted by atomic mass is 10.2. The van der Waals surface area contributed by atoms with Crippen LogP contribution in [0.5, 0.6) is 0 Å². The zero-order valence-corrected chi connectivity index (χ0v) is 16.6. The molecule has 0 aliphatic carbocycles. The van der Waals surface area contributed by atoms with Gasteiger partial charge in [-0.3, -0.25) is 20.0 Å². The van der Waals surface area contributed by atoms with Crippen LogP contribution >= 0.6 is 39.3 Å². The van der Waals surface area contributed by atoms with Crippen LogP contribution in [0.1, 0.15) is 0 Å². The first-order chi connectivity index (χ1) is 12.9. The van der Waals surface area contributed by atoms with Crippen molar-refractivity contribution in [2.24, 2.45) is 0 Å². The number of benzene rings is 2. The molecule has 1 heterocycles. The molecule has 11 heteroatoms. The lowest BCUT2D eigenvalue weighted by molar-refractivity contribution is -0.384. The van der Waals surface area contributed by atoms with Crippen LogP contribution in [0.3, 0.4) is 0 Å². The Morgan fingerprint density at radius 3 is 2.81 bits per heavy atom. The zero-order valence-electron chi connectivity index (χ0n) is 13.5. The average Bonchev–Trinajstić information content (AvgIpc) is 3.10. The van der Waals surface area contributed by atoms with Crippen LogP contribution in [-0.4, -0.2) is 31.8 Å². The van der Waals surface area contributed by atoms with E-state index in [0.717, 1.165) is 21.8 Å². The quantitative estimate of drug-likeness (QED) is 0.312. The third-order valence-electron chi connectivity index (χ3n) is 3.36. The van der Waals surface area contributed by atoms with Crippen molar-refractivity contribution in [3.8, 4) is 11.4 Å². The summed E-state index contributed by atoms with van der Waals surface area (Å²) in [6.07, 6.45) is 0. The number of nitro benzene ring substituents is 1. The maximum atomic E-state index is 12.1. The number of thioether (sulfide) groups is 1. The number of nitro groups is 1. The SMILES string of the molecule is O=C(CSc1n[nH]c(-c2ccccc2Br)n1)Nc1ccc([N+](=O)[O-])cc1Cl. The molecule has 0 aliphatic rings. The predicted molar refractivity (Wildman–Crippen MR) is 107 cm³/mol. The highest BCUT2D eigenvalue weighted by molar-refractivity contribution is 9.10. The minimum Gasteiger partial charge on any atom is -0.324 e. The monoisotopic (exact) mass is 467 g/mol. The molecule has 3 aromatic rings. The summed E-state index contributed by atoms with van der Waals surface area (Å²) in [6, 6.07) is 11.4. The Bertz CT molecular complexity index is 1010. The number of non-ortho nitro benzene ring substituents is 1. The molecule has 0 saturated carbocycles. The number of H-pyrrole nitrogens is 1. The second-order valence-corrected chi connectivity index (χ2v) is 7.41. The molecule has 138 valence electrons. The molecular weight excluding hydrogens is 458 g/mol. The summed E-state index contributed by atoms with van der Waals surface area (Å²) in [5, 5.41) is 20.8. The van der Waals surface area contributed by atoms with E-state index < -0.39 is 4.92 Å². The maximum Gasteiger partial charge on any atom is 0.271 e. The number of aromatic nitrogens is 3. The number of nitrogens with zero attached hydrogens (tertiary/aromatic N) is 3. The number of halogens is 2. The van der Waals surface area contributed by atoms with Gasteiger partial charge in [-0.2, -0.15) is 0 Å². The van der Waals surface area contributed by atoms with Crippen LogP contribution in [0.4, 0.5) is 11.4 Å². The van der Waals surface area contributed by atoms with Crippen LogP contribution in [0, 0.1) is 10.1 Å². The average molecular weight is 469 g/mol. The van der Waals surface area contributed by atoms with Gasteiger partial charge in [0.2, 0.25) is 11.1 Å². The van der Waals surface area contributed by atoms with Crippen molar-refractivity contribution in [2.45, 2.75) is 5.16 Å². The fourth-order valence-corrected chi connectivity index (χ4v) is 3.41. The summed E-state index contributed by atoms with van der Waals surface area (Å²) in [5.74, 6) is 0.312. The van der Waals surface area contributed by atoms with Gasteiger partial charge in [-0.1, -0.05) is 57.5 Å². The molecule has 1 amide bonds. The smallest absolute Gasteiger partial charge is 0.271 e. The van der Waals surface area contributed by atoms with Crippen LogP contribution in [0.2, 0.25) is 5.02 Å². The van der Waals surface area contributed by atoms with Gasteiger partial charge in [0.1, 0.15) is 0 Å². The van der Waals surface area contributed by atoms with E-state index in [2.05, 4.69) is 36.4 Å². The van der Waals surface area contributed by atoms with Gasteiger partial charge in [0.15, 0.2) is 5.82 Å². The molecule has 0 bridgehead atoms. The van der Waals surface area contributed by atoms with E-state index in [4.69, 9.17) is 11.6 Å². The fraction of sp³-hybridized carbons (Fsp3) is 0.0625. The largest absolute Gasteiger partial charge is 0.324 e. The molecule has 0 unspecified atom stereocenters. The maximum absolute atomic E-state index is 12.1. The lowest BCUT2D eigenvalue weighted by Crippen LogP contribution is -2.14. The van der Waals surface area contributed by atoms with E-state index in [1.54, 1.807) is 0 Å². The first kappa shape index (κ1) is 19.3. The molecule has 8 nitrogen and oxygen atoms in total. The summed E-state index contributed by atoms with van der Waals surface area (Å²) < 4.78 is 0.878. The Balaban J connectivity index is 1.60. The van der Waals surface area contributed by atoms with E-state index in [1.807, 2.05) is 24.3 Å². The molecule has 2 aromatic carbocycles. The van der Waals surface area contributed by atoms with E-state index in [-0.39, 0.29) is 22.4 Å². The van der Waals surface area contributed by atoms with Crippen LogP contribution in [0.25, 0.3) is 11.4 Å². The van der Waals surface area contributed by atoms with Gasteiger partial charge in [-0.25, -0.2) is 4.98 Å². The summed E-state index contributed by atoms with van der Waals surface area (Å²) in [5.41, 5.74) is 1.02. The Morgan fingerprint density at radius 2 is 2.11 bits per heavy atom. The highest BCUT2D eigenvalue weighted by Crippen LogP contribution is 2.28. The molecule has 1 aromatic heterocycles. The first-order valence-corrected chi connectivity index (χ1v) is 9.63. The molecule has 0 fully saturated rings. The minimum absolute atomic E-state index is 0.0561. The molecule has 0 spiro atoms. The number of carbonyl (C=O) groups is 1. The van der Waals surface area contributed by atoms with E-state index in [1.165, 1.54) is 18.2 Å². The second-order valence-electron chi connectivity index (χ2n) is 5.20. The van der Waals surface area contributed by atoms with Crippen molar-refractivity contribution in [1.29, 1.82) is 0 Å². The molecule has 2 N–H and O–H groups in total. The summed E-state index contributed by atoms with van der Waals surface area (Å²) in [4.78, 5) is 26.6. The van der Waals surface area contributed by atoms with Crippen molar-refractivity contribution >= 4 is 56.6 Å². The summed E-state index contributed by atoms with van der Waals surface area (Å²) in [7, 11) is 0. The second kappa shape index (κ2) is 8.51. The van der Waals surface area contributed by atoms with E-state index in [9.17, 15) is 14.9 Å².